The molecule has 2 aromatic heterocycles. The molecular weight excluding hydrogens is 258 g/mol. The smallest absolute Gasteiger partial charge is 0.264 e. The summed E-state index contributed by atoms with van der Waals surface area (Å²) in [4.78, 5) is 10.6. The van der Waals surface area contributed by atoms with Crippen molar-refractivity contribution in [3.05, 3.63) is 36.2 Å². The van der Waals surface area contributed by atoms with Crippen LogP contribution >= 0.6 is 0 Å². The van der Waals surface area contributed by atoms with E-state index in [1.165, 1.54) is 0 Å². The molecule has 3 heterocycles. The van der Waals surface area contributed by atoms with E-state index in [4.69, 9.17) is 9.26 Å². The Morgan fingerprint density at radius 2 is 2.50 bits per heavy atom. The molecule has 2 aromatic rings. The molecule has 0 aliphatic carbocycles. The summed E-state index contributed by atoms with van der Waals surface area (Å²) in [5, 5.41) is 7.37. The SMILES string of the molecule is CN1CCNCC1c1noc(COc2cccnc2)n1. The predicted octanol–water partition coefficient (Wildman–Crippen LogP) is 0.620. The number of ether oxygens (including phenoxy) is 1. The van der Waals surface area contributed by atoms with Crippen LogP contribution in [0.15, 0.2) is 29.0 Å². The molecule has 0 amide bonds. The highest BCUT2D eigenvalue weighted by atomic mass is 16.5. The Kier molecular flexibility index (Phi) is 3.89. The van der Waals surface area contributed by atoms with E-state index < -0.39 is 0 Å². The first-order chi connectivity index (χ1) is 9.83. The molecule has 1 atom stereocenters. The number of hydrogen-bond acceptors (Lipinski definition) is 7. The van der Waals surface area contributed by atoms with Crippen molar-refractivity contribution < 1.29 is 9.26 Å². The maximum atomic E-state index is 5.53. The molecule has 7 heteroatoms. The average Bonchev–Trinajstić information content (AvgIpc) is 2.95. The highest BCUT2D eigenvalue weighted by Crippen LogP contribution is 2.18. The van der Waals surface area contributed by atoms with Crippen LogP contribution in [0.5, 0.6) is 5.75 Å². The number of nitrogens with zero attached hydrogens (tertiary/aromatic N) is 4. The third kappa shape index (κ3) is 2.94. The summed E-state index contributed by atoms with van der Waals surface area (Å²) in [6.07, 6.45) is 3.35. The Balaban J connectivity index is 1.62. The second kappa shape index (κ2) is 5.98. The van der Waals surface area contributed by atoms with Crippen LogP contribution in [0.25, 0.3) is 0 Å². The molecule has 0 saturated carbocycles. The van der Waals surface area contributed by atoms with Gasteiger partial charge in [0.05, 0.1) is 12.2 Å². The lowest BCUT2D eigenvalue weighted by Gasteiger charge is -2.30. The van der Waals surface area contributed by atoms with Crippen LogP contribution in [0.4, 0.5) is 0 Å². The van der Waals surface area contributed by atoms with Gasteiger partial charge in [-0.1, -0.05) is 5.16 Å². The van der Waals surface area contributed by atoms with Gasteiger partial charge in [0.2, 0.25) is 0 Å². The maximum Gasteiger partial charge on any atom is 0.264 e. The summed E-state index contributed by atoms with van der Waals surface area (Å²) in [6.45, 7) is 3.05. The minimum absolute atomic E-state index is 0.152. The van der Waals surface area contributed by atoms with E-state index in [-0.39, 0.29) is 12.6 Å². The van der Waals surface area contributed by atoms with Gasteiger partial charge in [-0.3, -0.25) is 9.88 Å². The topological polar surface area (TPSA) is 76.3 Å². The first-order valence-corrected chi connectivity index (χ1v) is 6.59. The zero-order valence-corrected chi connectivity index (χ0v) is 11.3. The molecule has 20 heavy (non-hydrogen) atoms. The van der Waals surface area contributed by atoms with Crippen LogP contribution in [0.3, 0.4) is 0 Å². The molecule has 7 nitrogen and oxygen atoms in total. The summed E-state index contributed by atoms with van der Waals surface area (Å²) < 4.78 is 10.8. The molecule has 0 spiro atoms. The number of pyridine rings is 1. The molecule has 1 N–H and O–H groups in total. The molecule has 1 unspecified atom stereocenters. The van der Waals surface area contributed by atoms with Crippen LogP contribution < -0.4 is 10.1 Å². The van der Waals surface area contributed by atoms with Crippen LogP contribution in [-0.2, 0) is 6.61 Å². The lowest BCUT2D eigenvalue weighted by atomic mass is 10.2. The van der Waals surface area contributed by atoms with Gasteiger partial charge in [-0.25, -0.2) is 0 Å². The van der Waals surface area contributed by atoms with Gasteiger partial charge in [-0.2, -0.15) is 4.98 Å². The first kappa shape index (κ1) is 13.0. The second-order valence-electron chi connectivity index (χ2n) is 4.72. The zero-order chi connectivity index (χ0) is 13.8. The zero-order valence-electron chi connectivity index (χ0n) is 11.3. The van der Waals surface area contributed by atoms with E-state index in [0.717, 1.165) is 19.6 Å². The number of rotatable bonds is 4. The van der Waals surface area contributed by atoms with Gasteiger partial charge in [0.15, 0.2) is 12.4 Å². The molecule has 3 rings (SSSR count). The summed E-state index contributed by atoms with van der Waals surface area (Å²) in [6, 6.07) is 3.81. The highest BCUT2D eigenvalue weighted by Gasteiger charge is 2.25. The lowest BCUT2D eigenvalue weighted by Crippen LogP contribution is -2.44. The van der Waals surface area contributed by atoms with E-state index in [0.29, 0.717) is 17.5 Å². The lowest BCUT2D eigenvalue weighted by molar-refractivity contribution is 0.189. The third-order valence-electron chi connectivity index (χ3n) is 3.29. The van der Waals surface area contributed by atoms with E-state index in [9.17, 15) is 0 Å². The Hall–Kier alpha value is -1.99. The van der Waals surface area contributed by atoms with Gasteiger partial charge in [0.25, 0.3) is 5.89 Å². The number of aromatic nitrogens is 3. The molecular formula is C13H17N5O2. The summed E-state index contributed by atoms with van der Waals surface area (Å²) in [7, 11) is 2.06. The van der Waals surface area contributed by atoms with Gasteiger partial charge < -0.3 is 14.6 Å². The van der Waals surface area contributed by atoms with Crippen LogP contribution in [-0.4, -0.2) is 46.7 Å². The molecule has 1 saturated heterocycles. The maximum absolute atomic E-state index is 5.53. The molecule has 0 aromatic carbocycles. The van der Waals surface area contributed by atoms with Crippen molar-refractivity contribution in [2.24, 2.45) is 0 Å². The van der Waals surface area contributed by atoms with Gasteiger partial charge >= 0.3 is 0 Å². The first-order valence-electron chi connectivity index (χ1n) is 6.59. The van der Waals surface area contributed by atoms with E-state index >= 15 is 0 Å². The third-order valence-corrected chi connectivity index (χ3v) is 3.29. The van der Waals surface area contributed by atoms with Crippen molar-refractivity contribution in [2.45, 2.75) is 12.6 Å². The summed E-state index contributed by atoms with van der Waals surface area (Å²) in [5.74, 6) is 1.86. The van der Waals surface area contributed by atoms with Gasteiger partial charge in [-0.05, 0) is 19.2 Å². The average molecular weight is 275 g/mol. The van der Waals surface area contributed by atoms with Crippen LogP contribution in [0.2, 0.25) is 0 Å². The Labute approximate surface area is 117 Å². The molecule has 1 fully saturated rings. The minimum atomic E-state index is 0.152. The molecule has 1 aliphatic rings. The second-order valence-corrected chi connectivity index (χ2v) is 4.72. The summed E-state index contributed by atoms with van der Waals surface area (Å²) in [5.41, 5.74) is 0. The number of piperazine rings is 1. The normalized spacial score (nSPS) is 19.9. The summed E-state index contributed by atoms with van der Waals surface area (Å²) >= 11 is 0. The van der Waals surface area contributed by atoms with Crippen molar-refractivity contribution >= 4 is 0 Å². The van der Waals surface area contributed by atoms with Gasteiger partial charge in [-0.15, -0.1) is 0 Å². The fourth-order valence-electron chi connectivity index (χ4n) is 2.13. The molecule has 0 radical (unpaired) electrons. The predicted molar refractivity (Wildman–Crippen MR) is 71.1 cm³/mol. The fraction of sp³-hybridized carbons (Fsp3) is 0.462. The molecule has 0 bridgehead atoms. The monoisotopic (exact) mass is 275 g/mol. The minimum Gasteiger partial charge on any atom is -0.482 e. The largest absolute Gasteiger partial charge is 0.482 e. The quantitative estimate of drug-likeness (QED) is 0.876. The Bertz CT molecular complexity index is 545. The van der Waals surface area contributed by atoms with Gasteiger partial charge in [0.1, 0.15) is 5.75 Å². The van der Waals surface area contributed by atoms with E-state index in [1.54, 1.807) is 12.4 Å². The number of hydrogen-bond donors (Lipinski definition) is 1. The molecule has 1 aliphatic heterocycles. The van der Waals surface area contributed by atoms with Crippen molar-refractivity contribution in [2.75, 3.05) is 26.7 Å². The van der Waals surface area contributed by atoms with Crippen molar-refractivity contribution in [1.82, 2.24) is 25.3 Å². The fourth-order valence-corrected chi connectivity index (χ4v) is 2.13. The van der Waals surface area contributed by atoms with E-state index in [2.05, 4.69) is 32.4 Å². The number of nitrogens with one attached hydrogen (secondary N) is 1. The van der Waals surface area contributed by atoms with E-state index in [1.807, 2.05) is 12.1 Å². The number of likely N-dealkylation sites (N-methyl/N-ethyl adjacent to an activating group) is 1. The highest BCUT2D eigenvalue weighted by molar-refractivity contribution is 5.15. The standard InChI is InChI=1S/C13H17N5O2/c1-18-6-5-15-8-11(18)13-16-12(20-17-13)9-19-10-3-2-4-14-7-10/h2-4,7,11,15H,5-6,8-9H2,1H3. The molecule has 106 valence electrons. The van der Waals surface area contributed by atoms with Crippen LogP contribution in [0.1, 0.15) is 17.8 Å². The van der Waals surface area contributed by atoms with Gasteiger partial charge in [0, 0.05) is 25.8 Å². The van der Waals surface area contributed by atoms with Crippen molar-refractivity contribution in [3.8, 4) is 5.75 Å². The Morgan fingerprint density at radius 3 is 3.30 bits per heavy atom. The van der Waals surface area contributed by atoms with Crippen molar-refractivity contribution in [3.63, 3.8) is 0 Å². The van der Waals surface area contributed by atoms with Crippen molar-refractivity contribution in [1.29, 1.82) is 0 Å². The Morgan fingerprint density at radius 1 is 1.55 bits per heavy atom. The van der Waals surface area contributed by atoms with Crippen LogP contribution in [0, 0.1) is 0 Å².